The number of anilines is 2. The first-order valence-corrected chi connectivity index (χ1v) is 9.69. The largest absolute Gasteiger partial charge is 0.384 e. The Hall–Kier alpha value is -2.85. The molecule has 1 aromatic carbocycles. The predicted molar refractivity (Wildman–Crippen MR) is 105 cm³/mol. The molecular formula is C17H22N6O3S. The summed E-state index contributed by atoms with van der Waals surface area (Å²) >= 11 is 0. The average molecular weight is 390 g/mol. The highest BCUT2D eigenvalue weighted by Crippen LogP contribution is 2.31. The maximum Gasteiger partial charge on any atom is 0.384 e. The summed E-state index contributed by atoms with van der Waals surface area (Å²) in [4.78, 5) is 7.99. The summed E-state index contributed by atoms with van der Waals surface area (Å²) in [6, 6.07) is 7.21. The van der Waals surface area contributed by atoms with E-state index in [4.69, 9.17) is 15.7 Å². The van der Waals surface area contributed by atoms with Gasteiger partial charge in [-0.3, -0.25) is 0 Å². The second kappa shape index (κ2) is 7.05. The second-order valence-electron chi connectivity index (χ2n) is 6.21. The fourth-order valence-electron chi connectivity index (χ4n) is 2.86. The molecule has 2 aromatic heterocycles. The zero-order valence-corrected chi connectivity index (χ0v) is 16.2. The van der Waals surface area contributed by atoms with Gasteiger partial charge in [0.1, 0.15) is 5.82 Å². The Morgan fingerprint density at radius 3 is 2.63 bits per heavy atom. The third kappa shape index (κ3) is 3.67. The number of fused-ring (bicyclic) bond motifs is 1. The topological polar surface area (TPSA) is 129 Å². The maximum absolute atomic E-state index is 12.1. The number of hydrogen-bond donors (Lipinski definition) is 2. The minimum Gasteiger partial charge on any atom is -0.383 e. The fourth-order valence-corrected chi connectivity index (χ4v) is 3.38. The molecule has 0 amide bonds. The van der Waals surface area contributed by atoms with E-state index in [1.165, 1.54) is 14.1 Å². The van der Waals surface area contributed by atoms with E-state index < -0.39 is 10.3 Å². The summed E-state index contributed by atoms with van der Waals surface area (Å²) in [5.41, 5.74) is 14.1. The number of nitrogen functional groups attached to an aromatic ring is 2. The van der Waals surface area contributed by atoms with Crippen molar-refractivity contribution < 1.29 is 12.6 Å². The van der Waals surface area contributed by atoms with Gasteiger partial charge < -0.3 is 20.2 Å². The molecule has 3 rings (SSSR count). The number of nitrogens with zero attached hydrogens (tertiary/aromatic N) is 4. The summed E-state index contributed by atoms with van der Waals surface area (Å²) in [6.45, 7) is 2.70. The standard InChI is InChI=1S/C17H22N6O3S/c1-4-23-12(8-11-10-20-17(19)21-16(11)18)9-13-14(23)6-5-7-15(13)26-27(24,25)22(2)3/h5-7,9-10H,4,8H2,1-3H3,(H4,18,19,20,21). The first kappa shape index (κ1) is 18.9. The minimum atomic E-state index is -3.85. The SMILES string of the molecule is CCn1c(Cc2cnc(N)nc2N)cc2c(OS(=O)(=O)N(C)C)cccc21. The van der Waals surface area contributed by atoms with Crippen LogP contribution in [0.15, 0.2) is 30.5 Å². The van der Waals surface area contributed by atoms with Crippen molar-refractivity contribution >= 4 is 33.0 Å². The van der Waals surface area contributed by atoms with Gasteiger partial charge in [-0.05, 0) is 25.1 Å². The van der Waals surface area contributed by atoms with Crippen LogP contribution in [0.2, 0.25) is 0 Å². The second-order valence-corrected chi connectivity index (χ2v) is 7.96. The van der Waals surface area contributed by atoms with E-state index in [1.807, 2.05) is 19.1 Å². The fraction of sp³-hybridized carbons (Fsp3) is 0.294. The van der Waals surface area contributed by atoms with E-state index in [9.17, 15) is 8.42 Å². The molecule has 10 heteroatoms. The lowest BCUT2D eigenvalue weighted by molar-refractivity contribution is 0.423. The molecule has 0 unspecified atom stereocenters. The van der Waals surface area contributed by atoms with E-state index in [0.717, 1.165) is 21.1 Å². The molecule has 0 aliphatic carbocycles. The van der Waals surface area contributed by atoms with Crippen molar-refractivity contribution in [2.24, 2.45) is 0 Å². The van der Waals surface area contributed by atoms with Crippen molar-refractivity contribution in [1.29, 1.82) is 0 Å². The molecule has 0 aliphatic rings. The van der Waals surface area contributed by atoms with Crippen LogP contribution in [0.1, 0.15) is 18.2 Å². The first-order chi connectivity index (χ1) is 12.7. The lowest BCUT2D eigenvalue weighted by Crippen LogP contribution is -2.27. The van der Waals surface area contributed by atoms with Gasteiger partial charge in [0, 0.05) is 49.9 Å². The van der Waals surface area contributed by atoms with Crippen molar-refractivity contribution in [1.82, 2.24) is 18.8 Å². The number of rotatable bonds is 6. The van der Waals surface area contributed by atoms with Gasteiger partial charge in [-0.1, -0.05) is 6.07 Å². The van der Waals surface area contributed by atoms with E-state index in [2.05, 4.69) is 14.5 Å². The van der Waals surface area contributed by atoms with Gasteiger partial charge in [0.2, 0.25) is 5.95 Å². The summed E-state index contributed by atoms with van der Waals surface area (Å²) in [5, 5.41) is 0.703. The van der Waals surface area contributed by atoms with Crippen LogP contribution in [0.3, 0.4) is 0 Å². The van der Waals surface area contributed by atoms with Gasteiger partial charge in [0.25, 0.3) is 0 Å². The van der Waals surface area contributed by atoms with Crippen LogP contribution in [0.4, 0.5) is 11.8 Å². The molecule has 0 atom stereocenters. The lowest BCUT2D eigenvalue weighted by atomic mass is 10.1. The van der Waals surface area contributed by atoms with E-state index in [1.54, 1.807) is 18.3 Å². The van der Waals surface area contributed by atoms with Gasteiger partial charge in [-0.2, -0.15) is 17.7 Å². The molecule has 144 valence electrons. The zero-order chi connectivity index (χ0) is 19.8. The Bertz CT molecular complexity index is 1090. The summed E-state index contributed by atoms with van der Waals surface area (Å²) in [6.07, 6.45) is 2.08. The number of nitrogens with two attached hydrogens (primary N) is 2. The van der Waals surface area contributed by atoms with Gasteiger partial charge in [-0.25, -0.2) is 4.98 Å². The number of benzene rings is 1. The van der Waals surface area contributed by atoms with Crippen LogP contribution in [0.25, 0.3) is 10.9 Å². The van der Waals surface area contributed by atoms with Crippen LogP contribution in [-0.2, 0) is 23.3 Å². The molecule has 0 aliphatic heterocycles. The predicted octanol–water partition coefficient (Wildman–Crippen LogP) is 1.39. The highest BCUT2D eigenvalue weighted by Gasteiger charge is 2.20. The molecule has 27 heavy (non-hydrogen) atoms. The molecule has 0 bridgehead atoms. The Labute approximate surface area is 157 Å². The van der Waals surface area contributed by atoms with Crippen LogP contribution in [0.5, 0.6) is 5.75 Å². The van der Waals surface area contributed by atoms with Crippen LogP contribution in [-0.4, -0.2) is 41.4 Å². The smallest absolute Gasteiger partial charge is 0.383 e. The maximum atomic E-state index is 12.1. The van der Waals surface area contributed by atoms with Gasteiger partial charge in [-0.15, -0.1) is 0 Å². The molecule has 0 fully saturated rings. The lowest BCUT2D eigenvalue weighted by Gasteiger charge is -2.13. The molecule has 0 radical (unpaired) electrons. The van der Waals surface area contributed by atoms with Crippen molar-refractivity contribution in [3.05, 3.63) is 41.7 Å². The Kier molecular flexibility index (Phi) is 4.94. The van der Waals surface area contributed by atoms with E-state index in [0.29, 0.717) is 24.2 Å². The van der Waals surface area contributed by atoms with E-state index >= 15 is 0 Å². The normalized spacial score (nSPS) is 12.0. The van der Waals surface area contributed by atoms with E-state index in [-0.39, 0.29) is 11.7 Å². The molecule has 9 nitrogen and oxygen atoms in total. The highest BCUT2D eigenvalue weighted by atomic mass is 32.2. The summed E-state index contributed by atoms with van der Waals surface area (Å²) in [5.74, 6) is 0.718. The van der Waals surface area contributed by atoms with Crippen molar-refractivity contribution in [3.63, 3.8) is 0 Å². The zero-order valence-electron chi connectivity index (χ0n) is 15.4. The number of hydrogen-bond acceptors (Lipinski definition) is 7. The van der Waals surface area contributed by atoms with Crippen molar-refractivity contribution in [2.75, 3.05) is 25.6 Å². The minimum absolute atomic E-state index is 0.122. The van der Waals surface area contributed by atoms with Gasteiger partial charge >= 0.3 is 10.3 Å². The monoisotopic (exact) mass is 390 g/mol. The first-order valence-electron chi connectivity index (χ1n) is 8.33. The Morgan fingerprint density at radius 1 is 1.26 bits per heavy atom. The average Bonchev–Trinajstić information content (AvgIpc) is 2.95. The highest BCUT2D eigenvalue weighted by molar-refractivity contribution is 7.84. The quantitative estimate of drug-likeness (QED) is 0.650. The molecular weight excluding hydrogens is 368 g/mol. The Balaban J connectivity index is 2.08. The van der Waals surface area contributed by atoms with Crippen LogP contribution >= 0.6 is 0 Å². The summed E-state index contributed by atoms with van der Waals surface area (Å²) in [7, 11) is -1.02. The molecule has 0 saturated heterocycles. The van der Waals surface area contributed by atoms with Gasteiger partial charge in [0.15, 0.2) is 5.75 Å². The molecule has 2 heterocycles. The molecule has 0 spiro atoms. The Morgan fingerprint density at radius 2 is 2.00 bits per heavy atom. The molecule has 3 aromatic rings. The molecule has 4 N–H and O–H groups in total. The van der Waals surface area contributed by atoms with Crippen molar-refractivity contribution in [3.8, 4) is 5.75 Å². The third-order valence-corrected chi connectivity index (χ3v) is 5.52. The summed E-state index contributed by atoms with van der Waals surface area (Å²) < 4.78 is 32.6. The van der Waals surface area contributed by atoms with Crippen LogP contribution in [0, 0.1) is 0 Å². The molecule has 0 saturated carbocycles. The van der Waals surface area contributed by atoms with Gasteiger partial charge in [0.05, 0.1) is 5.52 Å². The number of aryl methyl sites for hydroxylation is 1. The van der Waals surface area contributed by atoms with Crippen molar-refractivity contribution in [2.45, 2.75) is 19.9 Å². The number of aromatic nitrogens is 3. The van der Waals surface area contributed by atoms with Crippen LogP contribution < -0.4 is 15.7 Å². The third-order valence-electron chi connectivity index (χ3n) is 4.24.